The second-order valence-electron chi connectivity index (χ2n) is 4.12. The molecule has 0 fully saturated rings. The molecule has 0 aliphatic heterocycles. The Bertz CT molecular complexity index is 324. The molecule has 0 aromatic heterocycles. The lowest BCUT2D eigenvalue weighted by molar-refractivity contribution is -0.145. The molecule has 2 N–H and O–H groups in total. The van der Waals surface area contributed by atoms with Crippen LogP contribution in [0, 0.1) is 0 Å². The van der Waals surface area contributed by atoms with Gasteiger partial charge in [0.05, 0.1) is 6.61 Å². The Labute approximate surface area is 103 Å². The molecule has 1 aromatic carbocycles. The van der Waals surface area contributed by atoms with Gasteiger partial charge in [-0.2, -0.15) is 0 Å². The van der Waals surface area contributed by atoms with E-state index in [9.17, 15) is 4.79 Å². The molecule has 0 bridgehead atoms. The van der Waals surface area contributed by atoms with E-state index < -0.39 is 6.04 Å². The van der Waals surface area contributed by atoms with Crippen molar-refractivity contribution in [3.63, 3.8) is 0 Å². The van der Waals surface area contributed by atoms with Gasteiger partial charge in [0.2, 0.25) is 0 Å². The lowest BCUT2D eigenvalue weighted by Gasteiger charge is -2.11. The minimum atomic E-state index is -0.664. The molecule has 3 nitrogen and oxygen atoms in total. The molecule has 17 heavy (non-hydrogen) atoms. The number of esters is 1. The number of carbonyl (C=O) groups is 1. The zero-order chi connectivity index (χ0) is 12.5. The van der Waals surface area contributed by atoms with E-state index in [-0.39, 0.29) is 5.97 Å². The van der Waals surface area contributed by atoms with Crippen molar-refractivity contribution in [2.75, 3.05) is 6.61 Å². The van der Waals surface area contributed by atoms with Crippen molar-refractivity contribution < 1.29 is 9.53 Å². The third-order valence-electron chi connectivity index (χ3n) is 2.65. The van der Waals surface area contributed by atoms with E-state index in [2.05, 4.69) is 6.92 Å². The Morgan fingerprint density at radius 1 is 1.24 bits per heavy atom. The van der Waals surface area contributed by atoms with Crippen LogP contribution in [0.3, 0.4) is 0 Å². The van der Waals surface area contributed by atoms with Gasteiger partial charge in [0, 0.05) is 0 Å². The molecule has 0 unspecified atom stereocenters. The molecule has 1 rings (SSSR count). The molecule has 0 aliphatic carbocycles. The first kappa shape index (κ1) is 13.7. The Balaban J connectivity index is 2.28. The minimum Gasteiger partial charge on any atom is -0.464 e. The van der Waals surface area contributed by atoms with Crippen molar-refractivity contribution >= 4 is 5.97 Å². The Morgan fingerprint density at radius 3 is 2.59 bits per heavy atom. The summed E-state index contributed by atoms with van der Waals surface area (Å²) < 4.78 is 5.14. The number of unbranched alkanes of at least 4 members (excludes halogenated alkanes) is 3. The average molecular weight is 235 g/mol. The predicted octanol–water partition coefficient (Wildman–Crippen LogP) is 2.81. The largest absolute Gasteiger partial charge is 0.464 e. The van der Waals surface area contributed by atoms with Gasteiger partial charge in [-0.3, -0.25) is 0 Å². The van der Waals surface area contributed by atoms with Crippen molar-refractivity contribution in [3.05, 3.63) is 35.9 Å². The molecular formula is C14H21NO2. The summed E-state index contributed by atoms with van der Waals surface area (Å²) in [5, 5.41) is 0. The van der Waals surface area contributed by atoms with Crippen LogP contribution >= 0.6 is 0 Å². The molecule has 0 aliphatic rings. The van der Waals surface area contributed by atoms with Gasteiger partial charge in [-0.1, -0.05) is 56.5 Å². The Kier molecular flexibility index (Phi) is 6.33. The maximum absolute atomic E-state index is 11.6. The molecule has 94 valence electrons. The van der Waals surface area contributed by atoms with Crippen molar-refractivity contribution in [1.82, 2.24) is 0 Å². The average Bonchev–Trinajstić information content (AvgIpc) is 2.38. The van der Waals surface area contributed by atoms with Gasteiger partial charge in [0.1, 0.15) is 6.04 Å². The second kappa shape index (κ2) is 7.85. The Hall–Kier alpha value is -1.35. The molecule has 0 heterocycles. The smallest absolute Gasteiger partial charge is 0.327 e. The fourth-order valence-corrected chi connectivity index (χ4v) is 1.59. The normalized spacial score (nSPS) is 12.1. The highest BCUT2D eigenvalue weighted by Crippen LogP contribution is 2.11. The van der Waals surface area contributed by atoms with Gasteiger partial charge >= 0.3 is 5.97 Å². The van der Waals surface area contributed by atoms with E-state index >= 15 is 0 Å². The number of benzene rings is 1. The predicted molar refractivity (Wildman–Crippen MR) is 68.5 cm³/mol. The highest BCUT2D eigenvalue weighted by molar-refractivity contribution is 5.77. The zero-order valence-electron chi connectivity index (χ0n) is 10.4. The summed E-state index contributed by atoms with van der Waals surface area (Å²) in [7, 11) is 0. The van der Waals surface area contributed by atoms with E-state index in [1.165, 1.54) is 12.8 Å². The maximum atomic E-state index is 11.6. The van der Waals surface area contributed by atoms with E-state index in [1.54, 1.807) is 0 Å². The zero-order valence-corrected chi connectivity index (χ0v) is 10.4. The van der Waals surface area contributed by atoms with Crippen LogP contribution in [-0.4, -0.2) is 12.6 Å². The third kappa shape index (κ3) is 5.00. The molecule has 0 spiro atoms. The van der Waals surface area contributed by atoms with Crippen LogP contribution in [0.25, 0.3) is 0 Å². The van der Waals surface area contributed by atoms with Crippen molar-refractivity contribution in [2.24, 2.45) is 5.73 Å². The first-order valence-electron chi connectivity index (χ1n) is 6.23. The number of carbonyl (C=O) groups excluding carboxylic acids is 1. The molecule has 1 aromatic rings. The van der Waals surface area contributed by atoms with E-state index in [0.29, 0.717) is 6.61 Å². The number of nitrogens with two attached hydrogens (primary N) is 1. The van der Waals surface area contributed by atoms with Crippen molar-refractivity contribution in [3.8, 4) is 0 Å². The summed E-state index contributed by atoms with van der Waals surface area (Å²) in [5.74, 6) is -0.340. The first-order chi connectivity index (χ1) is 8.25. The third-order valence-corrected chi connectivity index (χ3v) is 2.65. The van der Waals surface area contributed by atoms with Gasteiger partial charge in [-0.05, 0) is 12.0 Å². The second-order valence-corrected chi connectivity index (χ2v) is 4.12. The van der Waals surface area contributed by atoms with Crippen LogP contribution in [0.2, 0.25) is 0 Å². The highest BCUT2D eigenvalue weighted by Gasteiger charge is 2.16. The van der Waals surface area contributed by atoms with Crippen LogP contribution < -0.4 is 5.73 Å². The van der Waals surface area contributed by atoms with Gasteiger partial charge in [-0.15, -0.1) is 0 Å². The molecular weight excluding hydrogens is 214 g/mol. The number of rotatable bonds is 7. The number of ether oxygens (including phenoxy) is 1. The molecule has 0 saturated carbocycles. The molecule has 0 saturated heterocycles. The fraction of sp³-hybridized carbons (Fsp3) is 0.500. The minimum absolute atomic E-state index is 0.340. The van der Waals surface area contributed by atoms with Crippen molar-refractivity contribution in [2.45, 2.75) is 38.6 Å². The monoisotopic (exact) mass is 235 g/mol. The molecule has 1 atom stereocenters. The van der Waals surface area contributed by atoms with Crippen LogP contribution in [0.5, 0.6) is 0 Å². The summed E-state index contributed by atoms with van der Waals surface area (Å²) in [4.78, 5) is 11.6. The van der Waals surface area contributed by atoms with E-state index in [4.69, 9.17) is 10.5 Å². The molecule has 0 radical (unpaired) electrons. The van der Waals surface area contributed by atoms with Gasteiger partial charge < -0.3 is 10.5 Å². The standard InChI is InChI=1S/C14H21NO2/c1-2-3-4-8-11-17-14(16)13(15)12-9-6-5-7-10-12/h5-7,9-10,13H,2-4,8,11,15H2,1H3/t13-/m1/s1. The lowest BCUT2D eigenvalue weighted by Crippen LogP contribution is -2.24. The van der Waals surface area contributed by atoms with Crippen LogP contribution in [0.1, 0.15) is 44.2 Å². The fourth-order valence-electron chi connectivity index (χ4n) is 1.59. The topological polar surface area (TPSA) is 52.3 Å². The lowest BCUT2D eigenvalue weighted by atomic mass is 10.1. The summed E-state index contributed by atoms with van der Waals surface area (Å²) >= 11 is 0. The molecule has 3 heteroatoms. The number of hydrogen-bond donors (Lipinski definition) is 1. The first-order valence-corrected chi connectivity index (χ1v) is 6.23. The van der Waals surface area contributed by atoms with E-state index in [0.717, 1.165) is 18.4 Å². The highest BCUT2D eigenvalue weighted by atomic mass is 16.5. The van der Waals surface area contributed by atoms with Gasteiger partial charge in [-0.25, -0.2) is 4.79 Å². The summed E-state index contributed by atoms with van der Waals surface area (Å²) in [6, 6.07) is 8.63. The quantitative estimate of drug-likeness (QED) is 0.584. The van der Waals surface area contributed by atoms with Crippen LogP contribution in [0.15, 0.2) is 30.3 Å². The summed E-state index contributed by atoms with van der Waals surface area (Å²) in [6.07, 6.45) is 4.38. The van der Waals surface area contributed by atoms with Gasteiger partial charge in [0.15, 0.2) is 0 Å². The van der Waals surface area contributed by atoms with Crippen LogP contribution in [0.4, 0.5) is 0 Å². The molecule has 0 amide bonds. The van der Waals surface area contributed by atoms with E-state index in [1.807, 2.05) is 30.3 Å². The van der Waals surface area contributed by atoms with Crippen LogP contribution in [-0.2, 0) is 9.53 Å². The SMILES string of the molecule is CCCCCCOC(=O)[C@H](N)c1ccccc1. The van der Waals surface area contributed by atoms with Gasteiger partial charge in [0.25, 0.3) is 0 Å². The summed E-state index contributed by atoms with van der Waals surface area (Å²) in [5.41, 5.74) is 6.60. The van der Waals surface area contributed by atoms with Crippen molar-refractivity contribution in [1.29, 1.82) is 0 Å². The summed E-state index contributed by atoms with van der Waals surface area (Å²) in [6.45, 7) is 2.62. The number of hydrogen-bond acceptors (Lipinski definition) is 3. The Morgan fingerprint density at radius 2 is 1.94 bits per heavy atom. The maximum Gasteiger partial charge on any atom is 0.327 e.